The summed E-state index contributed by atoms with van der Waals surface area (Å²) in [7, 11) is -2.72. The van der Waals surface area contributed by atoms with Crippen LogP contribution in [0.2, 0.25) is 0 Å². The van der Waals surface area contributed by atoms with Gasteiger partial charge in [0.1, 0.15) is 13.0 Å². The van der Waals surface area contributed by atoms with E-state index >= 15 is 0 Å². The first-order valence-electron chi connectivity index (χ1n) is 14.3. The summed E-state index contributed by atoms with van der Waals surface area (Å²) in [5, 5.41) is 3.99. The number of aromatic nitrogens is 2. The molecule has 0 spiro atoms. The largest absolute Gasteiger partial charge is 0.445 e. The van der Waals surface area contributed by atoms with E-state index in [4.69, 9.17) is 18.4 Å². The van der Waals surface area contributed by atoms with Gasteiger partial charge in [0.15, 0.2) is 0 Å². The minimum absolute atomic E-state index is 0.0370. The Morgan fingerprint density at radius 1 is 0.978 bits per heavy atom. The van der Waals surface area contributed by atoms with Crippen LogP contribution in [0.15, 0.2) is 93.0 Å². The average Bonchev–Trinajstić information content (AvgIpc) is 3.78. The maximum atomic E-state index is 14.5. The third-order valence-electron chi connectivity index (χ3n) is 7.79. The summed E-state index contributed by atoms with van der Waals surface area (Å²) in [6, 6.07) is 19.8. The van der Waals surface area contributed by atoms with E-state index in [0.29, 0.717) is 45.9 Å². The molecule has 1 aliphatic heterocycles. The Hall–Kier alpha value is -4.78. The van der Waals surface area contributed by atoms with Crippen LogP contribution in [0, 0.1) is 13.8 Å². The third kappa shape index (κ3) is 5.87. The van der Waals surface area contributed by atoms with Crippen molar-refractivity contribution in [2.24, 2.45) is 0 Å². The zero-order chi connectivity index (χ0) is 31.6. The van der Waals surface area contributed by atoms with Crippen LogP contribution in [0.4, 0.5) is 5.88 Å². The number of carbonyl (C=O) groups excluding carboxylic acids is 1. The molecular formula is C33H32N4O7S. The van der Waals surface area contributed by atoms with Gasteiger partial charge in [-0.05, 0) is 54.8 Å². The molecule has 12 heteroatoms. The molecule has 2 aromatic heterocycles. The molecule has 0 atom stereocenters. The summed E-state index contributed by atoms with van der Waals surface area (Å²) < 4.78 is 51.9. The van der Waals surface area contributed by atoms with Crippen molar-refractivity contribution in [3.63, 3.8) is 0 Å². The number of hydrogen-bond acceptors (Lipinski definition) is 9. The van der Waals surface area contributed by atoms with Crippen LogP contribution in [0.5, 0.6) is 0 Å². The molecule has 0 unspecified atom stereocenters. The Bertz CT molecular complexity index is 1940. The highest BCUT2D eigenvalue weighted by molar-refractivity contribution is 7.93. The first kappa shape index (κ1) is 30.3. The van der Waals surface area contributed by atoms with Crippen molar-refractivity contribution in [1.29, 1.82) is 0 Å². The number of methoxy groups -OCH3 is 1. The maximum Gasteiger partial charge on any atom is 0.269 e. The van der Waals surface area contributed by atoms with E-state index in [1.165, 1.54) is 13.4 Å². The van der Waals surface area contributed by atoms with Crippen molar-refractivity contribution in [2.45, 2.75) is 31.8 Å². The van der Waals surface area contributed by atoms with E-state index in [0.717, 1.165) is 15.4 Å². The van der Waals surface area contributed by atoms with Gasteiger partial charge in [-0.15, -0.1) is 0 Å². The predicted molar refractivity (Wildman–Crippen MR) is 166 cm³/mol. The van der Waals surface area contributed by atoms with Gasteiger partial charge in [-0.3, -0.25) is 4.79 Å². The number of aryl methyl sites for hydroxylation is 1. The number of amides is 1. The van der Waals surface area contributed by atoms with Crippen LogP contribution in [-0.4, -0.2) is 56.4 Å². The summed E-state index contributed by atoms with van der Waals surface area (Å²) in [5.74, 6) is 0.393. The number of rotatable bonds is 12. The molecule has 0 fully saturated rings. The Balaban J connectivity index is 1.44. The van der Waals surface area contributed by atoms with Gasteiger partial charge in [-0.2, -0.15) is 0 Å². The van der Waals surface area contributed by atoms with Gasteiger partial charge in [-0.1, -0.05) is 47.6 Å². The summed E-state index contributed by atoms with van der Waals surface area (Å²) in [5.41, 5.74) is 5.26. The quantitative estimate of drug-likeness (QED) is 0.128. The van der Waals surface area contributed by atoms with Gasteiger partial charge in [0.25, 0.3) is 15.9 Å². The number of carbonyl (C=O) groups is 1. The van der Waals surface area contributed by atoms with Gasteiger partial charge < -0.3 is 23.3 Å². The van der Waals surface area contributed by atoms with Crippen LogP contribution in [-0.2, 0) is 32.6 Å². The molecule has 1 amide bonds. The zero-order valence-electron chi connectivity index (χ0n) is 25.1. The van der Waals surface area contributed by atoms with E-state index in [2.05, 4.69) is 10.1 Å². The van der Waals surface area contributed by atoms with Crippen molar-refractivity contribution < 1.29 is 31.6 Å². The fourth-order valence-corrected chi connectivity index (χ4v) is 6.88. The fraction of sp³-hybridized carbons (Fsp3) is 0.242. The summed E-state index contributed by atoms with van der Waals surface area (Å²) in [4.78, 5) is 19.4. The monoisotopic (exact) mass is 628 g/mol. The first-order valence-corrected chi connectivity index (χ1v) is 15.7. The van der Waals surface area contributed by atoms with E-state index in [1.807, 2.05) is 42.5 Å². The van der Waals surface area contributed by atoms with Gasteiger partial charge >= 0.3 is 0 Å². The summed E-state index contributed by atoms with van der Waals surface area (Å²) in [6.07, 6.45) is 3.05. The zero-order valence-corrected chi connectivity index (χ0v) is 25.9. The second-order valence-electron chi connectivity index (χ2n) is 10.6. The van der Waals surface area contributed by atoms with Gasteiger partial charge in [0, 0.05) is 42.5 Å². The van der Waals surface area contributed by atoms with Crippen LogP contribution >= 0.6 is 0 Å². The van der Waals surface area contributed by atoms with Crippen LogP contribution < -0.4 is 4.31 Å². The van der Waals surface area contributed by atoms with Gasteiger partial charge in [0.05, 0.1) is 30.0 Å². The molecular weight excluding hydrogens is 596 g/mol. The topological polar surface area (TPSA) is 128 Å². The molecule has 11 nitrogen and oxygen atoms in total. The Kier molecular flexibility index (Phi) is 8.52. The Labute approximate surface area is 261 Å². The highest BCUT2D eigenvalue weighted by atomic mass is 32.2. The fourth-order valence-electron chi connectivity index (χ4n) is 5.33. The molecule has 0 saturated heterocycles. The number of ether oxygens (including phenoxy) is 2. The normalized spacial score (nSPS) is 13.0. The molecule has 0 saturated carbocycles. The summed E-state index contributed by atoms with van der Waals surface area (Å²) >= 11 is 0. The number of sulfonamides is 1. The number of oxazole rings is 1. The van der Waals surface area contributed by atoms with Crippen molar-refractivity contribution in [3.8, 4) is 22.6 Å². The standard InChI is InChI=1S/C33H32N4O7S/c1-22-23(2)35-44-33(22)37(21-42-17-16-41-3)45(39,40)30-11-7-6-10-29(30)27-13-12-24(31-34-14-15-43-31)18-26(27)20-36-19-25-8-4-5-9-28(25)32(36)38/h4-15,18H,16-17,19-21H2,1-3H3. The lowest BCUT2D eigenvalue weighted by Gasteiger charge is -2.24. The molecule has 0 bridgehead atoms. The lowest BCUT2D eigenvalue weighted by Crippen LogP contribution is -2.34. The molecule has 3 aromatic carbocycles. The molecule has 3 heterocycles. The molecule has 0 aliphatic carbocycles. The Morgan fingerprint density at radius 3 is 2.47 bits per heavy atom. The minimum atomic E-state index is -4.26. The Morgan fingerprint density at radius 2 is 1.76 bits per heavy atom. The van der Waals surface area contributed by atoms with Crippen molar-refractivity contribution in [1.82, 2.24) is 15.0 Å². The van der Waals surface area contributed by atoms with Crippen molar-refractivity contribution in [2.75, 3.05) is 31.4 Å². The van der Waals surface area contributed by atoms with Crippen LogP contribution in [0.25, 0.3) is 22.6 Å². The van der Waals surface area contributed by atoms with Gasteiger partial charge in [0.2, 0.25) is 11.8 Å². The predicted octanol–water partition coefficient (Wildman–Crippen LogP) is 5.59. The SMILES string of the molecule is COCCOCN(c1onc(C)c1C)S(=O)(=O)c1ccccc1-c1ccc(-c2ncco2)cc1CN1Cc2ccccc2C1=O. The average molecular weight is 629 g/mol. The highest BCUT2D eigenvalue weighted by Gasteiger charge is 2.33. The van der Waals surface area contributed by atoms with E-state index < -0.39 is 10.0 Å². The van der Waals surface area contributed by atoms with Crippen LogP contribution in [0.1, 0.15) is 32.7 Å². The number of nitrogens with zero attached hydrogens (tertiary/aromatic N) is 4. The number of benzene rings is 3. The minimum Gasteiger partial charge on any atom is -0.445 e. The first-order chi connectivity index (χ1) is 21.8. The molecule has 5 aromatic rings. The second kappa shape index (κ2) is 12.7. The van der Waals surface area contributed by atoms with E-state index in [-0.39, 0.29) is 43.2 Å². The van der Waals surface area contributed by atoms with E-state index in [9.17, 15) is 13.2 Å². The number of hydrogen-bond donors (Lipinski definition) is 0. The number of fused-ring (bicyclic) bond motifs is 1. The summed E-state index contributed by atoms with van der Waals surface area (Å²) in [6.45, 7) is 4.31. The molecule has 45 heavy (non-hydrogen) atoms. The lowest BCUT2D eigenvalue weighted by molar-refractivity contribution is 0.0744. The molecule has 0 radical (unpaired) electrons. The van der Waals surface area contributed by atoms with Crippen molar-refractivity contribution in [3.05, 3.63) is 107 Å². The molecule has 1 aliphatic rings. The van der Waals surface area contributed by atoms with Gasteiger partial charge in [-0.25, -0.2) is 17.7 Å². The molecule has 232 valence electrons. The van der Waals surface area contributed by atoms with Crippen molar-refractivity contribution >= 4 is 21.8 Å². The third-order valence-corrected chi connectivity index (χ3v) is 9.55. The smallest absolute Gasteiger partial charge is 0.269 e. The lowest BCUT2D eigenvalue weighted by atomic mass is 9.97. The van der Waals surface area contributed by atoms with Crippen LogP contribution in [0.3, 0.4) is 0 Å². The number of anilines is 1. The van der Waals surface area contributed by atoms with E-state index in [1.54, 1.807) is 49.2 Å². The highest BCUT2D eigenvalue weighted by Crippen LogP contribution is 2.37. The second-order valence-corrected chi connectivity index (χ2v) is 12.4. The molecule has 6 rings (SSSR count). The molecule has 0 N–H and O–H groups in total. The maximum absolute atomic E-state index is 14.5.